The van der Waals surface area contributed by atoms with Gasteiger partial charge in [-0.2, -0.15) is 5.10 Å². The number of hydrogen-bond acceptors (Lipinski definition) is 8. The van der Waals surface area contributed by atoms with Crippen molar-refractivity contribution in [2.24, 2.45) is 22.6 Å². The molecule has 53 heavy (non-hydrogen) atoms. The molecule has 1 aliphatic carbocycles. The molecule has 1 aromatic heterocycles. The lowest BCUT2D eigenvalue weighted by Crippen LogP contribution is -2.43. The van der Waals surface area contributed by atoms with E-state index in [4.69, 9.17) is 10.8 Å². The van der Waals surface area contributed by atoms with Crippen LogP contribution in [0.3, 0.4) is 0 Å². The smallest absolute Gasteiger partial charge is 0.264 e. The molecule has 8 rings (SSSR count). The van der Waals surface area contributed by atoms with Gasteiger partial charge in [-0.05, 0) is 97.9 Å². The summed E-state index contributed by atoms with van der Waals surface area (Å²) in [7, 11) is 1.60. The predicted molar refractivity (Wildman–Crippen MR) is 204 cm³/mol. The van der Waals surface area contributed by atoms with Gasteiger partial charge in [0.05, 0.1) is 12.6 Å². The average molecular weight is 725 g/mol. The maximum Gasteiger partial charge on any atom is 0.264 e. The van der Waals surface area contributed by atoms with Crippen molar-refractivity contribution in [2.45, 2.75) is 76.9 Å². The fourth-order valence-electron chi connectivity index (χ4n) is 9.88. The summed E-state index contributed by atoms with van der Waals surface area (Å²) in [6.07, 6.45) is 7.88. The Kier molecular flexibility index (Phi) is 9.82. The first-order chi connectivity index (χ1) is 25.8. The summed E-state index contributed by atoms with van der Waals surface area (Å²) in [5.74, 6) is 2.22. The van der Waals surface area contributed by atoms with Crippen LogP contribution in [0.1, 0.15) is 89.8 Å². The average Bonchev–Trinajstić information content (AvgIpc) is 3.89. The summed E-state index contributed by atoms with van der Waals surface area (Å²) in [5.41, 5.74) is 12.6. The number of nitrogens with two attached hydrogens (primary N) is 1. The first-order valence-corrected chi connectivity index (χ1v) is 19.2. The Bertz CT molecular complexity index is 1910. The molecule has 1 amide bonds. The number of fused-ring (bicyclic) bond motifs is 4. The molecule has 3 unspecified atom stereocenters. The first-order valence-electron chi connectivity index (χ1n) is 19.2. The van der Waals surface area contributed by atoms with Crippen LogP contribution < -0.4 is 15.5 Å². The van der Waals surface area contributed by atoms with Crippen LogP contribution in [0.2, 0.25) is 0 Å². The van der Waals surface area contributed by atoms with Crippen molar-refractivity contribution in [3.8, 4) is 0 Å². The third kappa shape index (κ3) is 6.64. The molecule has 4 aliphatic heterocycles. The number of allylic oxidation sites excluding steroid dienone is 1. The van der Waals surface area contributed by atoms with Gasteiger partial charge in [-0.25, -0.2) is 8.78 Å². The second-order valence-electron chi connectivity index (χ2n) is 15.6. The van der Waals surface area contributed by atoms with Gasteiger partial charge in [0.1, 0.15) is 6.29 Å². The SMILES string of the molecule is CN=C/C(=C\N)c1cc2c(cc1C(F)F)N(c1nn(C3CCN(CC4CC5CC4CN5c4ccc(C=O)cc4)CC3)c3c1CN(C(C)=O)CC3)CCC2. The molecule has 2 N–H and O–H groups in total. The minimum Gasteiger partial charge on any atom is -0.404 e. The minimum atomic E-state index is -2.69. The van der Waals surface area contributed by atoms with E-state index in [9.17, 15) is 18.4 Å². The van der Waals surface area contributed by atoms with E-state index >= 15 is 0 Å². The molecule has 280 valence electrons. The van der Waals surface area contributed by atoms with E-state index in [-0.39, 0.29) is 17.5 Å². The van der Waals surface area contributed by atoms with Crippen LogP contribution in [0.15, 0.2) is 47.6 Å². The molecule has 2 bridgehead atoms. The summed E-state index contributed by atoms with van der Waals surface area (Å²) in [4.78, 5) is 36.9. The lowest BCUT2D eigenvalue weighted by atomic mass is 9.92. The minimum absolute atomic E-state index is 0.0320. The fourth-order valence-corrected chi connectivity index (χ4v) is 9.88. The van der Waals surface area contributed by atoms with Crippen molar-refractivity contribution in [1.29, 1.82) is 0 Å². The number of benzene rings is 2. The molecule has 1 saturated carbocycles. The normalized spacial score (nSPS) is 23.7. The Hall–Kier alpha value is -4.58. The van der Waals surface area contributed by atoms with Crippen LogP contribution >= 0.6 is 0 Å². The zero-order valence-corrected chi connectivity index (χ0v) is 30.8. The number of aliphatic imine (C=N–C) groups is 1. The van der Waals surface area contributed by atoms with Gasteiger partial charge in [0, 0.05) is 117 Å². The van der Waals surface area contributed by atoms with Crippen molar-refractivity contribution >= 4 is 41.2 Å². The van der Waals surface area contributed by atoms with Gasteiger partial charge in [0.25, 0.3) is 6.43 Å². The van der Waals surface area contributed by atoms with Crippen LogP contribution in [0.4, 0.5) is 26.0 Å². The van der Waals surface area contributed by atoms with Gasteiger partial charge in [0.15, 0.2) is 5.82 Å². The molecule has 10 nitrogen and oxygen atoms in total. The predicted octanol–water partition coefficient (Wildman–Crippen LogP) is 6.17. The number of hydrogen-bond donors (Lipinski definition) is 1. The van der Waals surface area contributed by atoms with Gasteiger partial charge >= 0.3 is 0 Å². The molecule has 3 fully saturated rings. The highest BCUT2D eigenvalue weighted by molar-refractivity contribution is 6.10. The van der Waals surface area contributed by atoms with Gasteiger partial charge in [-0.15, -0.1) is 0 Å². The number of carbonyl (C=O) groups is 2. The number of anilines is 3. The Balaban J connectivity index is 1.01. The van der Waals surface area contributed by atoms with Gasteiger partial charge in [-0.1, -0.05) is 0 Å². The Morgan fingerprint density at radius 1 is 1.06 bits per heavy atom. The molecule has 2 aromatic carbocycles. The lowest BCUT2D eigenvalue weighted by Gasteiger charge is -2.38. The third-order valence-corrected chi connectivity index (χ3v) is 12.6. The van der Waals surface area contributed by atoms with Crippen LogP contribution in [-0.2, 0) is 24.2 Å². The van der Waals surface area contributed by atoms with E-state index in [1.54, 1.807) is 20.0 Å². The van der Waals surface area contributed by atoms with Crippen LogP contribution in [0.5, 0.6) is 0 Å². The zero-order chi connectivity index (χ0) is 36.8. The summed E-state index contributed by atoms with van der Waals surface area (Å²) >= 11 is 0. The number of aryl methyl sites for hydroxylation is 1. The highest BCUT2D eigenvalue weighted by Crippen LogP contribution is 2.46. The highest BCUT2D eigenvalue weighted by atomic mass is 19.3. The Morgan fingerprint density at radius 2 is 1.85 bits per heavy atom. The Labute approximate surface area is 310 Å². The third-order valence-electron chi connectivity index (χ3n) is 12.6. The fraction of sp³-hybridized carbons (Fsp3) is 0.512. The summed E-state index contributed by atoms with van der Waals surface area (Å²) in [6.45, 7) is 7.65. The van der Waals surface area contributed by atoms with Crippen molar-refractivity contribution in [1.82, 2.24) is 19.6 Å². The van der Waals surface area contributed by atoms with Crippen molar-refractivity contribution in [3.63, 3.8) is 0 Å². The molecule has 5 aliphatic rings. The molecule has 12 heteroatoms. The van der Waals surface area contributed by atoms with Crippen molar-refractivity contribution < 1.29 is 18.4 Å². The van der Waals surface area contributed by atoms with Crippen molar-refractivity contribution in [3.05, 3.63) is 76.1 Å². The number of halogens is 2. The maximum atomic E-state index is 14.6. The number of piperidine rings is 2. The summed E-state index contributed by atoms with van der Waals surface area (Å²) < 4.78 is 31.5. The zero-order valence-electron chi connectivity index (χ0n) is 30.8. The summed E-state index contributed by atoms with van der Waals surface area (Å²) in [5, 5.41) is 5.34. The molecular weight excluding hydrogens is 675 g/mol. The Morgan fingerprint density at radius 3 is 2.51 bits per heavy atom. The number of amides is 1. The molecule has 2 saturated heterocycles. The number of aldehydes is 1. The molecule has 0 spiro atoms. The molecule has 0 radical (unpaired) electrons. The number of aromatic nitrogens is 2. The quantitative estimate of drug-likeness (QED) is 0.208. The number of nitrogens with zero attached hydrogens (tertiary/aromatic N) is 7. The number of likely N-dealkylation sites (tertiary alicyclic amines) is 1. The number of carbonyl (C=O) groups excluding carboxylic acids is 2. The van der Waals surface area contributed by atoms with E-state index in [1.165, 1.54) is 36.6 Å². The maximum absolute atomic E-state index is 14.6. The van der Waals surface area contributed by atoms with E-state index in [0.29, 0.717) is 48.6 Å². The van der Waals surface area contributed by atoms with E-state index in [1.807, 2.05) is 23.1 Å². The van der Waals surface area contributed by atoms with Crippen molar-refractivity contribution in [2.75, 3.05) is 56.1 Å². The topological polar surface area (TPSA) is 103 Å². The van der Waals surface area contributed by atoms with E-state index in [0.717, 1.165) is 92.8 Å². The number of alkyl halides is 2. The largest absolute Gasteiger partial charge is 0.404 e. The second-order valence-corrected chi connectivity index (χ2v) is 15.6. The first kappa shape index (κ1) is 35.4. The van der Waals surface area contributed by atoms with E-state index in [2.05, 4.69) is 36.5 Å². The van der Waals surface area contributed by atoms with Crippen LogP contribution in [0, 0.1) is 11.8 Å². The molecule has 3 aromatic rings. The second kappa shape index (κ2) is 14.7. The highest BCUT2D eigenvalue weighted by Gasteiger charge is 2.45. The molecule has 3 atom stereocenters. The standard InChI is InChI=1S/C41H50F2N8O2/c1-26(53)48-15-11-38-37(24-48)41(49-12-3-4-28-18-35(31(20-44)21-45-2)36(40(42)43)19-39(28)49)46-51(38)33-9-13-47(14-10-33)22-29-16-34-17-30(29)23-50(34)32-7-5-27(25-52)6-8-32/h5-8,18-21,25,29-30,33-34,40H,3-4,9-17,22-24,44H2,1-2H3/b31-20+,45-21?. The van der Waals surface area contributed by atoms with E-state index < -0.39 is 6.43 Å². The summed E-state index contributed by atoms with van der Waals surface area (Å²) in [6, 6.07) is 12.3. The number of rotatable bonds is 9. The van der Waals surface area contributed by atoms with Crippen LogP contribution in [-0.4, -0.2) is 90.3 Å². The van der Waals surface area contributed by atoms with Gasteiger partial charge < -0.3 is 25.3 Å². The van der Waals surface area contributed by atoms with Gasteiger partial charge in [-0.3, -0.25) is 19.3 Å². The molecule has 5 heterocycles. The monoisotopic (exact) mass is 724 g/mol. The van der Waals surface area contributed by atoms with Gasteiger partial charge in [0.2, 0.25) is 5.91 Å². The van der Waals surface area contributed by atoms with Crippen LogP contribution in [0.25, 0.3) is 5.57 Å². The molecular formula is C41H50F2N8O2. The lowest BCUT2D eigenvalue weighted by molar-refractivity contribution is -0.129.